The molecule has 0 aliphatic carbocycles. The van der Waals surface area contributed by atoms with Crippen molar-refractivity contribution in [1.82, 2.24) is 4.98 Å². The number of aromatic nitrogens is 1. The van der Waals surface area contributed by atoms with E-state index in [2.05, 4.69) is 15.6 Å². The van der Waals surface area contributed by atoms with Crippen LogP contribution in [0.15, 0.2) is 42.5 Å². The molecule has 0 aliphatic heterocycles. The number of H-pyrrole nitrogens is 1. The molecule has 0 bridgehead atoms. The Bertz CT molecular complexity index is 941. The first-order valence-electron chi connectivity index (χ1n) is 7.71. The normalized spacial score (nSPS) is 10.6. The molecule has 0 saturated heterocycles. The lowest BCUT2D eigenvalue weighted by Gasteiger charge is -2.09. The lowest BCUT2D eigenvalue weighted by atomic mass is 10.1. The molecular weight excluding hydrogens is 302 g/mol. The molecular formula is C19H19N3O2. The van der Waals surface area contributed by atoms with Gasteiger partial charge in [0, 0.05) is 29.2 Å². The fourth-order valence-corrected chi connectivity index (χ4v) is 2.64. The minimum atomic E-state index is -0.199. The highest BCUT2D eigenvalue weighted by molar-refractivity contribution is 6.06. The van der Waals surface area contributed by atoms with Crippen LogP contribution in [-0.4, -0.2) is 16.8 Å². The predicted octanol–water partition coefficient (Wildman–Crippen LogP) is 4.00. The van der Waals surface area contributed by atoms with Crippen LogP contribution in [0, 0.1) is 13.8 Å². The van der Waals surface area contributed by atoms with Crippen LogP contribution in [0.2, 0.25) is 0 Å². The number of benzene rings is 2. The monoisotopic (exact) mass is 321 g/mol. The number of hydrogen-bond donors (Lipinski definition) is 3. The van der Waals surface area contributed by atoms with Crippen LogP contribution in [0.5, 0.6) is 0 Å². The van der Waals surface area contributed by atoms with Gasteiger partial charge in [-0.25, -0.2) is 0 Å². The van der Waals surface area contributed by atoms with Gasteiger partial charge in [-0.2, -0.15) is 0 Å². The van der Waals surface area contributed by atoms with E-state index in [-0.39, 0.29) is 11.8 Å². The Morgan fingerprint density at radius 1 is 0.958 bits per heavy atom. The largest absolute Gasteiger partial charge is 0.351 e. The van der Waals surface area contributed by atoms with Gasteiger partial charge >= 0.3 is 0 Å². The number of hydrogen-bond acceptors (Lipinski definition) is 2. The lowest BCUT2D eigenvalue weighted by molar-refractivity contribution is -0.114. The number of fused-ring (bicyclic) bond motifs is 1. The van der Waals surface area contributed by atoms with Gasteiger partial charge in [-0.3, -0.25) is 9.59 Å². The predicted molar refractivity (Wildman–Crippen MR) is 96.5 cm³/mol. The van der Waals surface area contributed by atoms with Gasteiger partial charge in [0.15, 0.2) is 0 Å². The Morgan fingerprint density at radius 2 is 1.75 bits per heavy atom. The molecule has 0 radical (unpaired) electrons. The highest BCUT2D eigenvalue weighted by Crippen LogP contribution is 2.21. The molecule has 122 valence electrons. The summed E-state index contributed by atoms with van der Waals surface area (Å²) < 4.78 is 0. The Hall–Kier alpha value is -3.08. The highest BCUT2D eigenvalue weighted by atomic mass is 16.2. The van der Waals surface area contributed by atoms with Gasteiger partial charge in [0.1, 0.15) is 5.69 Å². The smallest absolute Gasteiger partial charge is 0.272 e. The van der Waals surface area contributed by atoms with Crippen LogP contribution in [0.1, 0.15) is 28.5 Å². The SMILES string of the molecule is CC(=O)Nc1ccc(NC(=O)c2cc3cc(C)ccc3[nH]2)cc1C. The molecule has 2 amide bonds. The first-order chi connectivity index (χ1) is 11.4. The van der Waals surface area contributed by atoms with E-state index in [1.165, 1.54) is 6.92 Å². The van der Waals surface area contributed by atoms with E-state index < -0.39 is 0 Å². The maximum atomic E-state index is 12.4. The van der Waals surface area contributed by atoms with Crippen molar-refractivity contribution in [2.24, 2.45) is 0 Å². The molecule has 24 heavy (non-hydrogen) atoms. The maximum absolute atomic E-state index is 12.4. The summed E-state index contributed by atoms with van der Waals surface area (Å²) in [6.07, 6.45) is 0. The van der Waals surface area contributed by atoms with Crippen molar-refractivity contribution in [3.8, 4) is 0 Å². The van der Waals surface area contributed by atoms with Crippen molar-refractivity contribution in [2.45, 2.75) is 20.8 Å². The fourth-order valence-electron chi connectivity index (χ4n) is 2.64. The molecule has 1 heterocycles. The van der Waals surface area contributed by atoms with Crippen molar-refractivity contribution in [3.63, 3.8) is 0 Å². The number of carbonyl (C=O) groups excluding carboxylic acids is 2. The van der Waals surface area contributed by atoms with Crippen LogP contribution < -0.4 is 10.6 Å². The molecule has 0 atom stereocenters. The summed E-state index contributed by atoms with van der Waals surface area (Å²) in [5, 5.41) is 6.63. The Morgan fingerprint density at radius 3 is 2.46 bits per heavy atom. The number of anilines is 2. The van der Waals surface area contributed by atoms with Crippen molar-refractivity contribution >= 4 is 34.1 Å². The van der Waals surface area contributed by atoms with Gasteiger partial charge in [0.05, 0.1) is 0 Å². The van der Waals surface area contributed by atoms with Gasteiger partial charge in [-0.05, 0) is 55.8 Å². The van der Waals surface area contributed by atoms with Crippen LogP contribution in [-0.2, 0) is 4.79 Å². The highest BCUT2D eigenvalue weighted by Gasteiger charge is 2.11. The molecule has 0 spiro atoms. The second-order valence-corrected chi connectivity index (χ2v) is 5.94. The average Bonchev–Trinajstić information content (AvgIpc) is 2.93. The zero-order valence-corrected chi connectivity index (χ0v) is 13.9. The van der Waals surface area contributed by atoms with Crippen LogP contribution in [0.3, 0.4) is 0 Å². The quantitative estimate of drug-likeness (QED) is 0.682. The van der Waals surface area contributed by atoms with E-state index in [1.807, 2.05) is 44.2 Å². The molecule has 2 aromatic carbocycles. The van der Waals surface area contributed by atoms with E-state index in [1.54, 1.807) is 12.1 Å². The van der Waals surface area contributed by atoms with Crippen molar-refractivity contribution in [2.75, 3.05) is 10.6 Å². The Balaban J connectivity index is 1.80. The number of aryl methyl sites for hydroxylation is 2. The number of amides is 2. The first kappa shape index (κ1) is 15.8. The van der Waals surface area contributed by atoms with Crippen LogP contribution in [0.4, 0.5) is 11.4 Å². The first-order valence-corrected chi connectivity index (χ1v) is 7.71. The van der Waals surface area contributed by atoms with Gasteiger partial charge < -0.3 is 15.6 Å². The number of nitrogens with one attached hydrogen (secondary N) is 3. The van der Waals surface area contributed by atoms with E-state index in [0.717, 1.165) is 27.7 Å². The third-order valence-electron chi connectivity index (χ3n) is 3.82. The minimum Gasteiger partial charge on any atom is -0.351 e. The summed E-state index contributed by atoms with van der Waals surface area (Å²) in [6, 6.07) is 13.2. The second-order valence-electron chi connectivity index (χ2n) is 5.94. The van der Waals surface area contributed by atoms with Crippen LogP contribution >= 0.6 is 0 Å². The topological polar surface area (TPSA) is 74.0 Å². The fraction of sp³-hybridized carbons (Fsp3) is 0.158. The van der Waals surface area contributed by atoms with E-state index >= 15 is 0 Å². The van der Waals surface area contributed by atoms with Crippen LogP contribution in [0.25, 0.3) is 10.9 Å². The van der Waals surface area contributed by atoms with Gasteiger partial charge in [-0.15, -0.1) is 0 Å². The van der Waals surface area contributed by atoms with E-state index in [4.69, 9.17) is 0 Å². The Labute approximate surface area is 140 Å². The molecule has 0 aliphatic rings. The van der Waals surface area contributed by atoms with E-state index in [9.17, 15) is 9.59 Å². The minimum absolute atomic E-state index is 0.122. The van der Waals surface area contributed by atoms with Crippen molar-refractivity contribution < 1.29 is 9.59 Å². The lowest BCUT2D eigenvalue weighted by Crippen LogP contribution is -2.13. The van der Waals surface area contributed by atoms with Crippen molar-refractivity contribution in [1.29, 1.82) is 0 Å². The summed E-state index contributed by atoms with van der Waals surface area (Å²) in [7, 11) is 0. The molecule has 1 aromatic heterocycles. The van der Waals surface area contributed by atoms with Gasteiger partial charge in [0.25, 0.3) is 5.91 Å². The van der Waals surface area contributed by atoms with Gasteiger partial charge in [-0.1, -0.05) is 11.6 Å². The van der Waals surface area contributed by atoms with Gasteiger partial charge in [0.2, 0.25) is 5.91 Å². The number of aromatic amines is 1. The molecule has 3 aromatic rings. The Kier molecular flexibility index (Phi) is 4.08. The second kappa shape index (κ2) is 6.20. The summed E-state index contributed by atoms with van der Waals surface area (Å²) in [5.41, 5.74) is 4.90. The third-order valence-corrected chi connectivity index (χ3v) is 3.82. The summed E-state index contributed by atoms with van der Waals surface area (Å²) in [5.74, 6) is -0.321. The maximum Gasteiger partial charge on any atom is 0.272 e. The zero-order chi connectivity index (χ0) is 17.3. The standard InChI is InChI=1S/C19H19N3O2/c1-11-4-6-17-14(8-11)10-18(22-17)19(24)21-15-5-7-16(12(2)9-15)20-13(3)23/h4-10,22H,1-3H3,(H,20,23)(H,21,24). The molecule has 0 unspecified atom stereocenters. The number of carbonyl (C=O) groups is 2. The molecule has 3 N–H and O–H groups in total. The van der Waals surface area contributed by atoms with Crippen molar-refractivity contribution in [3.05, 3.63) is 59.3 Å². The molecule has 3 rings (SSSR count). The molecule has 0 fully saturated rings. The zero-order valence-electron chi connectivity index (χ0n) is 13.9. The summed E-state index contributed by atoms with van der Waals surface area (Å²) in [6.45, 7) is 5.37. The third kappa shape index (κ3) is 3.30. The summed E-state index contributed by atoms with van der Waals surface area (Å²) >= 11 is 0. The summed E-state index contributed by atoms with van der Waals surface area (Å²) in [4.78, 5) is 26.7. The molecule has 5 nitrogen and oxygen atoms in total. The molecule has 5 heteroatoms. The average molecular weight is 321 g/mol. The molecule has 0 saturated carbocycles. The van der Waals surface area contributed by atoms with E-state index in [0.29, 0.717) is 11.4 Å². The number of rotatable bonds is 3.